The van der Waals surface area contributed by atoms with Crippen molar-refractivity contribution in [2.75, 3.05) is 6.54 Å². The topological polar surface area (TPSA) is 66.4 Å². The lowest BCUT2D eigenvalue weighted by molar-refractivity contribution is -0.137. The van der Waals surface area contributed by atoms with Gasteiger partial charge in [-0.1, -0.05) is 25.5 Å². The van der Waals surface area contributed by atoms with Crippen LogP contribution in [0.2, 0.25) is 0 Å². The van der Waals surface area contributed by atoms with Gasteiger partial charge in [-0.25, -0.2) is 4.39 Å². The van der Waals surface area contributed by atoms with Gasteiger partial charge < -0.3 is 10.4 Å². The average Bonchev–Trinajstić information content (AvgIpc) is 2.42. The first-order valence-corrected chi connectivity index (χ1v) is 7.70. The molecule has 1 amide bonds. The number of rotatable bonds is 10. The van der Waals surface area contributed by atoms with Crippen LogP contribution in [0, 0.1) is 11.7 Å². The molecule has 0 fully saturated rings. The minimum atomic E-state index is -0.782. The molecule has 0 radical (unpaired) electrons. The number of carbonyl (C=O) groups is 2. The van der Waals surface area contributed by atoms with Gasteiger partial charge in [0.2, 0.25) is 5.91 Å². The Bertz CT molecular complexity index is 491. The summed E-state index contributed by atoms with van der Waals surface area (Å²) in [6, 6.07) is 6.44. The van der Waals surface area contributed by atoms with E-state index >= 15 is 0 Å². The lowest BCUT2D eigenvalue weighted by Crippen LogP contribution is -2.26. The van der Waals surface area contributed by atoms with Gasteiger partial charge in [0.05, 0.1) is 0 Å². The van der Waals surface area contributed by atoms with E-state index in [9.17, 15) is 14.0 Å². The number of carbonyl (C=O) groups excluding carboxylic acids is 1. The Balaban J connectivity index is 2.15. The van der Waals surface area contributed by atoms with E-state index in [0.717, 1.165) is 18.4 Å². The van der Waals surface area contributed by atoms with Crippen molar-refractivity contribution in [1.82, 2.24) is 5.32 Å². The zero-order valence-corrected chi connectivity index (χ0v) is 13.0. The van der Waals surface area contributed by atoms with Crippen LogP contribution in [0.5, 0.6) is 0 Å². The number of benzene rings is 1. The second kappa shape index (κ2) is 9.92. The largest absolute Gasteiger partial charge is 0.481 e. The molecule has 0 aliphatic carbocycles. The van der Waals surface area contributed by atoms with Crippen LogP contribution in [-0.2, 0) is 16.0 Å². The van der Waals surface area contributed by atoms with Gasteiger partial charge in [-0.15, -0.1) is 0 Å². The Hall–Kier alpha value is -1.91. The van der Waals surface area contributed by atoms with Gasteiger partial charge in [-0.2, -0.15) is 0 Å². The highest BCUT2D eigenvalue weighted by Crippen LogP contribution is 2.13. The summed E-state index contributed by atoms with van der Waals surface area (Å²) >= 11 is 0. The Kier molecular flexibility index (Phi) is 8.18. The second-order valence-electron chi connectivity index (χ2n) is 5.70. The fourth-order valence-electron chi connectivity index (χ4n) is 2.33. The van der Waals surface area contributed by atoms with Crippen LogP contribution < -0.4 is 5.32 Å². The van der Waals surface area contributed by atoms with Crippen molar-refractivity contribution in [3.05, 3.63) is 35.6 Å². The third kappa shape index (κ3) is 8.39. The summed E-state index contributed by atoms with van der Waals surface area (Å²) < 4.78 is 13.1. The molecule has 0 aromatic heterocycles. The molecular weight excluding hydrogens is 285 g/mol. The van der Waals surface area contributed by atoms with E-state index in [0.29, 0.717) is 25.8 Å². The summed E-state index contributed by atoms with van der Waals surface area (Å²) in [6.07, 6.45) is 3.48. The van der Waals surface area contributed by atoms with Crippen molar-refractivity contribution in [2.24, 2.45) is 5.92 Å². The Morgan fingerprint density at radius 1 is 1.27 bits per heavy atom. The van der Waals surface area contributed by atoms with Crippen LogP contribution in [0.3, 0.4) is 0 Å². The van der Waals surface area contributed by atoms with Crippen molar-refractivity contribution in [3.8, 4) is 0 Å². The van der Waals surface area contributed by atoms with Crippen molar-refractivity contribution in [1.29, 1.82) is 0 Å². The fourth-order valence-corrected chi connectivity index (χ4v) is 2.33. The smallest absolute Gasteiger partial charge is 0.303 e. The molecule has 4 nitrogen and oxygen atoms in total. The average molecular weight is 309 g/mol. The summed E-state index contributed by atoms with van der Waals surface area (Å²) in [6.45, 7) is 2.54. The van der Waals surface area contributed by atoms with Crippen LogP contribution >= 0.6 is 0 Å². The van der Waals surface area contributed by atoms with Crippen molar-refractivity contribution in [2.45, 2.75) is 45.4 Å². The first-order chi connectivity index (χ1) is 10.5. The molecule has 0 saturated heterocycles. The Morgan fingerprint density at radius 2 is 2.05 bits per heavy atom. The summed E-state index contributed by atoms with van der Waals surface area (Å²) in [5.74, 6) is -0.901. The highest BCUT2D eigenvalue weighted by Gasteiger charge is 2.10. The molecule has 5 heteroatoms. The number of aliphatic carboxylic acids is 1. The monoisotopic (exact) mass is 309 g/mol. The van der Waals surface area contributed by atoms with E-state index < -0.39 is 5.97 Å². The van der Waals surface area contributed by atoms with Crippen LogP contribution in [0.15, 0.2) is 24.3 Å². The van der Waals surface area contributed by atoms with E-state index in [2.05, 4.69) is 5.32 Å². The molecule has 22 heavy (non-hydrogen) atoms. The standard InChI is InChI=1S/C17H24FNO3/c1-13(10-14-6-5-7-15(18)12-14)11-16(20)19-9-4-2-3-8-17(21)22/h5-7,12-13H,2-4,8-11H2,1H3,(H,19,20)(H,21,22). The second-order valence-corrected chi connectivity index (χ2v) is 5.70. The van der Waals surface area contributed by atoms with Gasteiger partial charge in [0.25, 0.3) is 0 Å². The van der Waals surface area contributed by atoms with Gasteiger partial charge >= 0.3 is 5.97 Å². The molecule has 122 valence electrons. The van der Waals surface area contributed by atoms with Gasteiger partial charge in [-0.3, -0.25) is 9.59 Å². The van der Waals surface area contributed by atoms with E-state index in [-0.39, 0.29) is 24.1 Å². The molecule has 0 aliphatic rings. The molecule has 1 aromatic rings. The zero-order chi connectivity index (χ0) is 16.4. The molecule has 1 aromatic carbocycles. The number of nitrogens with one attached hydrogen (secondary N) is 1. The lowest BCUT2D eigenvalue weighted by atomic mass is 9.98. The van der Waals surface area contributed by atoms with Gasteiger partial charge in [0.1, 0.15) is 5.82 Å². The molecule has 1 unspecified atom stereocenters. The van der Waals surface area contributed by atoms with E-state index in [4.69, 9.17) is 5.11 Å². The predicted octanol–water partition coefficient (Wildman–Crippen LogP) is 3.16. The lowest BCUT2D eigenvalue weighted by Gasteiger charge is -2.12. The molecule has 2 N–H and O–H groups in total. The van der Waals surface area contributed by atoms with Crippen molar-refractivity contribution < 1.29 is 19.1 Å². The number of carboxylic acid groups (broad SMARTS) is 1. The van der Waals surface area contributed by atoms with Crippen molar-refractivity contribution in [3.63, 3.8) is 0 Å². The van der Waals surface area contributed by atoms with Crippen LogP contribution in [-0.4, -0.2) is 23.5 Å². The molecule has 0 heterocycles. The molecule has 0 spiro atoms. The van der Waals surface area contributed by atoms with E-state index in [1.54, 1.807) is 6.07 Å². The number of carboxylic acids is 1. The van der Waals surface area contributed by atoms with E-state index in [1.165, 1.54) is 12.1 Å². The molecule has 1 atom stereocenters. The number of halogens is 1. The minimum Gasteiger partial charge on any atom is -0.481 e. The van der Waals surface area contributed by atoms with Crippen LogP contribution in [0.1, 0.15) is 44.6 Å². The summed E-state index contributed by atoms with van der Waals surface area (Å²) in [5, 5.41) is 11.3. The highest BCUT2D eigenvalue weighted by atomic mass is 19.1. The quantitative estimate of drug-likeness (QED) is 0.652. The zero-order valence-electron chi connectivity index (χ0n) is 13.0. The molecule has 0 saturated carbocycles. The Morgan fingerprint density at radius 3 is 2.73 bits per heavy atom. The van der Waals surface area contributed by atoms with E-state index in [1.807, 2.05) is 13.0 Å². The van der Waals surface area contributed by atoms with Gasteiger partial charge in [-0.05, 0) is 42.9 Å². The Labute approximate surface area is 130 Å². The van der Waals surface area contributed by atoms with Crippen LogP contribution in [0.25, 0.3) is 0 Å². The SMILES string of the molecule is CC(CC(=O)NCCCCCC(=O)O)Cc1cccc(F)c1. The summed E-state index contributed by atoms with van der Waals surface area (Å²) in [5.41, 5.74) is 0.897. The third-order valence-electron chi connectivity index (χ3n) is 3.40. The number of amides is 1. The third-order valence-corrected chi connectivity index (χ3v) is 3.40. The summed E-state index contributed by atoms with van der Waals surface area (Å²) in [4.78, 5) is 22.1. The number of unbranched alkanes of at least 4 members (excludes halogenated alkanes) is 2. The van der Waals surface area contributed by atoms with Crippen molar-refractivity contribution >= 4 is 11.9 Å². The first kappa shape index (κ1) is 18.1. The normalized spacial score (nSPS) is 11.9. The van der Waals surface area contributed by atoms with Gasteiger partial charge in [0, 0.05) is 19.4 Å². The molecule has 0 aliphatic heterocycles. The number of hydrogen-bond donors (Lipinski definition) is 2. The molecule has 1 rings (SSSR count). The minimum absolute atomic E-state index is 0.0119. The maximum Gasteiger partial charge on any atom is 0.303 e. The maximum atomic E-state index is 13.1. The predicted molar refractivity (Wildman–Crippen MR) is 83.0 cm³/mol. The number of hydrogen-bond acceptors (Lipinski definition) is 2. The fraction of sp³-hybridized carbons (Fsp3) is 0.529. The van der Waals surface area contributed by atoms with Crippen LogP contribution in [0.4, 0.5) is 4.39 Å². The highest BCUT2D eigenvalue weighted by molar-refractivity contribution is 5.76. The molecule has 0 bridgehead atoms. The van der Waals surface area contributed by atoms with Gasteiger partial charge in [0.15, 0.2) is 0 Å². The maximum absolute atomic E-state index is 13.1. The molecular formula is C17H24FNO3. The summed E-state index contributed by atoms with van der Waals surface area (Å²) in [7, 11) is 0. The first-order valence-electron chi connectivity index (χ1n) is 7.70.